The standard InChI is InChI=1S/C23H31N5O2/c1-3-24-22(30)19-11-9-18(10-12-19)17-26-23(25-4-2)28-15-13-27(14-16-28)20-7-5-6-8-21(20)29/h5-12,29H,3-4,13-17H2,1-2H3,(H,24,30)(H,25,26). The van der Waals surface area contributed by atoms with E-state index in [0.29, 0.717) is 24.4 Å². The number of phenols is 1. The van der Waals surface area contributed by atoms with Crippen molar-refractivity contribution in [2.24, 2.45) is 4.99 Å². The average molecular weight is 410 g/mol. The van der Waals surface area contributed by atoms with E-state index < -0.39 is 0 Å². The van der Waals surface area contributed by atoms with Crippen LogP contribution in [0.3, 0.4) is 0 Å². The molecule has 0 radical (unpaired) electrons. The van der Waals surface area contributed by atoms with Gasteiger partial charge in [-0.1, -0.05) is 24.3 Å². The van der Waals surface area contributed by atoms with Crippen molar-refractivity contribution >= 4 is 17.6 Å². The molecule has 1 heterocycles. The molecule has 160 valence electrons. The summed E-state index contributed by atoms with van der Waals surface area (Å²) in [6.07, 6.45) is 0. The van der Waals surface area contributed by atoms with Gasteiger partial charge in [-0.05, 0) is 43.7 Å². The molecular formula is C23H31N5O2. The van der Waals surface area contributed by atoms with Crippen LogP contribution in [0.4, 0.5) is 5.69 Å². The van der Waals surface area contributed by atoms with Crippen LogP contribution in [-0.2, 0) is 6.54 Å². The molecule has 30 heavy (non-hydrogen) atoms. The van der Waals surface area contributed by atoms with Crippen molar-refractivity contribution in [2.45, 2.75) is 20.4 Å². The highest BCUT2D eigenvalue weighted by molar-refractivity contribution is 5.94. The Morgan fingerprint density at radius 2 is 1.63 bits per heavy atom. The monoisotopic (exact) mass is 409 g/mol. The number of rotatable bonds is 6. The number of carbonyl (C=O) groups excluding carboxylic acids is 1. The molecule has 0 atom stereocenters. The van der Waals surface area contributed by atoms with Gasteiger partial charge in [0.2, 0.25) is 0 Å². The fourth-order valence-corrected chi connectivity index (χ4v) is 3.51. The number of anilines is 1. The van der Waals surface area contributed by atoms with E-state index in [4.69, 9.17) is 4.99 Å². The van der Waals surface area contributed by atoms with Crippen molar-refractivity contribution in [3.05, 3.63) is 59.7 Å². The van der Waals surface area contributed by atoms with Crippen LogP contribution in [0.5, 0.6) is 5.75 Å². The number of carbonyl (C=O) groups is 1. The van der Waals surface area contributed by atoms with Gasteiger partial charge < -0.3 is 25.5 Å². The number of piperazine rings is 1. The van der Waals surface area contributed by atoms with Crippen molar-refractivity contribution in [3.8, 4) is 5.75 Å². The summed E-state index contributed by atoms with van der Waals surface area (Å²) in [5, 5.41) is 16.3. The second-order valence-electron chi connectivity index (χ2n) is 7.19. The fraction of sp³-hybridized carbons (Fsp3) is 0.391. The minimum absolute atomic E-state index is 0.0526. The molecule has 0 aliphatic carbocycles. The first kappa shape index (κ1) is 21.5. The van der Waals surface area contributed by atoms with Gasteiger partial charge in [0.25, 0.3) is 5.91 Å². The van der Waals surface area contributed by atoms with Gasteiger partial charge in [0.05, 0.1) is 12.2 Å². The third-order valence-corrected chi connectivity index (χ3v) is 5.10. The Morgan fingerprint density at radius 1 is 0.967 bits per heavy atom. The molecule has 0 aromatic heterocycles. The number of aromatic hydroxyl groups is 1. The molecular weight excluding hydrogens is 378 g/mol. The fourth-order valence-electron chi connectivity index (χ4n) is 3.51. The van der Waals surface area contributed by atoms with Crippen LogP contribution in [-0.4, -0.2) is 61.1 Å². The van der Waals surface area contributed by atoms with Gasteiger partial charge in [-0.3, -0.25) is 4.79 Å². The average Bonchev–Trinajstić information content (AvgIpc) is 2.78. The van der Waals surface area contributed by atoms with Gasteiger partial charge in [-0.25, -0.2) is 4.99 Å². The number of hydrogen-bond donors (Lipinski definition) is 3. The van der Waals surface area contributed by atoms with Crippen LogP contribution >= 0.6 is 0 Å². The maximum Gasteiger partial charge on any atom is 0.251 e. The minimum atomic E-state index is -0.0526. The first-order valence-electron chi connectivity index (χ1n) is 10.6. The molecule has 1 amide bonds. The maximum atomic E-state index is 11.9. The molecule has 2 aromatic rings. The molecule has 0 unspecified atom stereocenters. The summed E-state index contributed by atoms with van der Waals surface area (Å²) < 4.78 is 0. The molecule has 7 heteroatoms. The Bertz CT molecular complexity index is 858. The molecule has 3 N–H and O–H groups in total. The van der Waals surface area contributed by atoms with Crippen molar-refractivity contribution in [1.29, 1.82) is 0 Å². The van der Waals surface area contributed by atoms with Crippen molar-refractivity contribution < 1.29 is 9.90 Å². The highest BCUT2D eigenvalue weighted by Crippen LogP contribution is 2.27. The van der Waals surface area contributed by atoms with E-state index in [1.54, 1.807) is 6.07 Å². The van der Waals surface area contributed by atoms with Crippen molar-refractivity contribution in [1.82, 2.24) is 15.5 Å². The van der Waals surface area contributed by atoms with Gasteiger partial charge in [-0.2, -0.15) is 0 Å². The van der Waals surface area contributed by atoms with Crippen LogP contribution < -0.4 is 15.5 Å². The molecule has 1 saturated heterocycles. The van der Waals surface area contributed by atoms with E-state index in [-0.39, 0.29) is 5.91 Å². The molecule has 3 rings (SSSR count). The lowest BCUT2D eigenvalue weighted by atomic mass is 10.1. The van der Waals surface area contributed by atoms with Gasteiger partial charge >= 0.3 is 0 Å². The van der Waals surface area contributed by atoms with E-state index >= 15 is 0 Å². The SMILES string of the molecule is CCNC(=O)c1ccc(CN=C(NCC)N2CCN(c3ccccc3O)CC2)cc1. The highest BCUT2D eigenvalue weighted by atomic mass is 16.3. The van der Waals surface area contributed by atoms with E-state index in [1.165, 1.54) is 0 Å². The van der Waals surface area contributed by atoms with E-state index in [1.807, 2.05) is 49.4 Å². The van der Waals surface area contributed by atoms with Gasteiger partial charge in [-0.15, -0.1) is 0 Å². The Hall–Kier alpha value is -3.22. The van der Waals surface area contributed by atoms with Crippen LogP contribution in [0, 0.1) is 0 Å². The number of para-hydroxylation sites is 2. The van der Waals surface area contributed by atoms with Crippen molar-refractivity contribution in [3.63, 3.8) is 0 Å². The topological polar surface area (TPSA) is 80.2 Å². The number of nitrogens with one attached hydrogen (secondary N) is 2. The van der Waals surface area contributed by atoms with Crippen LogP contribution in [0.1, 0.15) is 29.8 Å². The number of amides is 1. The molecule has 1 fully saturated rings. The quantitative estimate of drug-likeness (QED) is 0.504. The van der Waals surface area contributed by atoms with E-state index in [9.17, 15) is 9.90 Å². The van der Waals surface area contributed by atoms with Crippen LogP contribution in [0.2, 0.25) is 0 Å². The molecule has 1 aliphatic rings. The zero-order chi connectivity index (χ0) is 21.3. The number of phenolic OH excluding ortho intramolecular Hbond substituents is 1. The predicted molar refractivity (Wildman–Crippen MR) is 121 cm³/mol. The highest BCUT2D eigenvalue weighted by Gasteiger charge is 2.21. The summed E-state index contributed by atoms with van der Waals surface area (Å²) in [4.78, 5) is 21.1. The molecule has 2 aromatic carbocycles. The Kier molecular flexibility index (Phi) is 7.54. The minimum Gasteiger partial charge on any atom is -0.506 e. The largest absolute Gasteiger partial charge is 0.506 e. The van der Waals surface area contributed by atoms with Gasteiger partial charge in [0, 0.05) is 44.8 Å². The summed E-state index contributed by atoms with van der Waals surface area (Å²) in [5.74, 6) is 1.16. The first-order valence-corrected chi connectivity index (χ1v) is 10.6. The number of guanidine groups is 1. The molecule has 0 saturated carbocycles. The van der Waals surface area contributed by atoms with E-state index in [0.717, 1.165) is 49.9 Å². The van der Waals surface area contributed by atoms with Crippen molar-refractivity contribution in [2.75, 3.05) is 44.2 Å². The molecule has 0 bridgehead atoms. The predicted octanol–water partition coefficient (Wildman–Crippen LogP) is 2.43. The zero-order valence-electron chi connectivity index (χ0n) is 17.8. The number of aliphatic imine (C=N–C) groups is 1. The normalized spacial score (nSPS) is 14.5. The van der Waals surface area contributed by atoms with Gasteiger partial charge in [0.1, 0.15) is 5.75 Å². The summed E-state index contributed by atoms with van der Waals surface area (Å²) in [6.45, 7) is 9.25. The maximum absolute atomic E-state index is 11.9. The third kappa shape index (κ3) is 5.43. The Balaban J connectivity index is 1.61. The second-order valence-corrected chi connectivity index (χ2v) is 7.19. The number of benzene rings is 2. The molecule has 0 spiro atoms. The smallest absolute Gasteiger partial charge is 0.251 e. The van der Waals surface area contributed by atoms with Crippen LogP contribution in [0.15, 0.2) is 53.5 Å². The lowest BCUT2D eigenvalue weighted by molar-refractivity contribution is 0.0956. The number of hydrogen-bond acceptors (Lipinski definition) is 4. The summed E-state index contributed by atoms with van der Waals surface area (Å²) in [5.41, 5.74) is 2.61. The zero-order valence-corrected chi connectivity index (χ0v) is 17.8. The summed E-state index contributed by atoms with van der Waals surface area (Å²) in [7, 11) is 0. The molecule has 1 aliphatic heterocycles. The summed E-state index contributed by atoms with van der Waals surface area (Å²) >= 11 is 0. The third-order valence-electron chi connectivity index (χ3n) is 5.10. The lowest BCUT2D eigenvalue weighted by Crippen LogP contribution is -2.52. The lowest BCUT2D eigenvalue weighted by Gasteiger charge is -2.37. The van der Waals surface area contributed by atoms with Crippen LogP contribution in [0.25, 0.3) is 0 Å². The summed E-state index contributed by atoms with van der Waals surface area (Å²) in [6, 6.07) is 15.1. The Morgan fingerprint density at radius 3 is 2.27 bits per heavy atom. The number of nitrogens with zero attached hydrogens (tertiary/aromatic N) is 3. The van der Waals surface area contributed by atoms with Gasteiger partial charge in [0.15, 0.2) is 5.96 Å². The Labute approximate surface area is 178 Å². The molecule has 7 nitrogen and oxygen atoms in total. The first-order chi connectivity index (χ1) is 14.6. The second kappa shape index (κ2) is 10.5. The van der Waals surface area contributed by atoms with E-state index in [2.05, 4.69) is 27.4 Å².